The van der Waals surface area contributed by atoms with E-state index in [0.717, 1.165) is 84.9 Å². The largest absolute Gasteiger partial charge is 0.269 e. The molecule has 200 valence electrons. The van der Waals surface area contributed by atoms with Gasteiger partial charge in [0, 0.05) is 24.3 Å². The Morgan fingerprint density at radius 1 is 0.410 bits per heavy atom. The average Bonchev–Trinajstić information content (AvgIpc) is 2.93. The van der Waals surface area contributed by atoms with E-state index in [1.54, 1.807) is 0 Å². The smallest absolute Gasteiger partial charge is 0.258 e. The molecule has 0 aromatic heterocycles. The van der Waals surface area contributed by atoms with E-state index in [-0.39, 0.29) is 21.2 Å². The van der Waals surface area contributed by atoms with Gasteiger partial charge in [-0.15, -0.1) is 0 Å². The molecule has 0 aliphatic carbocycles. The highest BCUT2D eigenvalue weighted by Crippen LogP contribution is 2.30. The summed E-state index contributed by atoms with van der Waals surface area (Å²) in [6.07, 6.45) is 0. The Morgan fingerprint density at radius 3 is 0.923 bits per heavy atom. The van der Waals surface area contributed by atoms with E-state index in [1.807, 2.05) is 0 Å². The van der Waals surface area contributed by atoms with Crippen molar-refractivity contribution in [3.8, 4) is 0 Å². The third kappa shape index (κ3) is 5.27. The molecule has 4 rings (SSSR count). The van der Waals surface area contributed by atoms with Crippen molar-refractivity contribution in [3.05, 3.63) is 117 Å². The fourth-order valence-electron chi connectivity index (χ4n) is 3.52. The summed E-state index contributed by atoms with van der Waals surface area (Å²) in [5, 5.41) is 21.7. The Morgan fingerprint density at radius 2 is 0.667 bits per heavy atom. The van der Waals surface area contributed by atoms with Crippen LogP contribution in [0.2, 0.25) is 0 Å². The van der Waals surface area contributed by atoms with Crippen LogP contribution >= 0.6 is 0 Å². The van der Waals surface area contributed by atoms with Crippen molar-refractivity contribution >= 4 is 40.9 Å². The Balaban J connectivity index is 1.72. The summed E-state index contributed by atoms with van der Waals surface area (Å²) in [5.74, 6) is 0. The summed E-state index contributed by atoms with van der Waals surface area (Å²) in [4.78, 5) is 18.1. The summed E-state index contributed by atoms with van der Waals surface area (Å²) >= 11 is 0. The first-order valence-electron chi connectivity index (χ1n) is 10.7. The molecule has 0 fully saturated rings. The molecule has 4 aromatic rings. The SMILES string of the molecule is O=[N+]([O-])c1ccc(S(=O)(=O)c2cccc(S(=O)(=O)c3cccc(S(=O)(=O)c4ccc([N+](=O)[O-])cc4)c3)c2)cc1. The topological polar surface area (TPSA) is 189 Å². The number of non-ortho nitro benzene ring substituents is 2. The number of nitro benzene ring substituents is 2. The number of rotatable bonds is 8. The molecule has 0 unspecified atom stereocenters. The molecule has 12 nitrogen and oxygen atoms in total. The molecule has 0 saturated carbocycles. The molecule has 0 saturated heterocycles. The first kappa shape index (κ1) is 27.6. The van der Waals surface area contributed by atoms with Gasteiger partial charge in [0.1, 0.15) is 0 Å². The highest BCUT2D eigenvalue weighted by atomic mass is 32.2. The Bertz CT molecular complexity index is 1800. The van der Waals surface area contributed by atoms with Gasteiger partial charge in [0.15, 0.2) is 0 Å². The number of hydrogen-bond donors (Lipinski definition) is 0. The predicted molar refractivity (Wildman–Crippen MR) is 135 cm³/mol. The fraction of sp³-hybridized carbons (Fsp3) is 0. The van der Waals surface area contributed by atoms with Gasteiger partial charge in [-0.2, -0.15) is 0 Å². The van der Waals surface area contributed by atoms with Gasteiger partial charge >= 0.3 is 0 Å². The van der Waals surface area contributed by atoms with Gasteiger partial charge in [-0.3, -0.25) is 20.2 Å². The second-order valence-corrected chi connectivity index (χ2v) is 13.8. The van der Waals surface area contributed by atoms with Crippen LogP contribution in [0.15, 0.2) is 126 Å². The minimum absolute atomic E-state index is 0.293. The lowest BCUT2D eigenvalue weighted by Crippen LogP contribution is -2.08. The van der Waals surface area contributed by atoms with E-state index in [2.05, 4.69) is 0 Å². The van der Waals surface area contributed by atoms with Gasteiger partial charge < -0.3 is 0 Å². The maximum atomic E-state index is 13.4. The standard InChI is InChI=1S/C24H16N2O10S3/c27-25(28)17-7-11-19(12-8-17)37(31,32)21-3-1-5-23(15-21)39(35,36)24-6-2-4-22(16-24)38(33,34)20-13-9-18(10-14-20)26(29)30/h1-16H. The summed E-state index contributed by atoms with van der Waals surface area (Å²) in [6, 6.07) is 16.9. The Kier molecular flexibility index (Phi) is 7.08. The minimum atomic E-state index is -4.41. The number of nitro groups is 2. The normalized spacial score (nSPS) is 12.1. The molecule has 0 bridgehead atoms. The molecule has 0 spiro atoms. The summed E-state index contributed by atoms with van der Waals surface area (Å²) in [5.41, 5.74) is -0.650. The van der Waals surface area contributed by atoms with Crippen molar-refractivity contribution in [3.63, 3.8) is 0 Å². The number of hydrogen-bond acceptors (Lipinski definition) is 10. The summed E-state index contributed by atoms with van der Waals surface area (Å²) in [6.45, 7) is 0. The van der Waals surface area contributed by atoms with Crippen LogP contribution in [0.3, 0.4) is 0 Å². The molecule has 15 heteroatoms. The van der Waals surface area contributed by atoms with Crippen LogP contribution in [-0.4, -0.2) is 35.1 Å². The zero-order valence-corrected chi connectivity index (χ0v) is 21.9. The van der Waals surface area contributed by atoms with Crippen molar-refractivity contribution in [2.75, 3.05) is 0 Å². The van der Waals surface area contributed by atoms with Crippen molar-refractivity contribution in [1.29, 1.82) is 0 Å². The minimum Gasteiger partial charge on any atom is -0.258 e. The van der Waals surface area contributed by atoms with Crippen molar-refractivity contribution in [2.45, 2.75) is 29.4 Å². The third-order valence-corrected chi connectivity index (χ3v) is 10.9. The highest BCUT2D eigenvalue weighted by molar-refractivity contribution is 7.92. The highest BCUT2D eigenvalue weighted by Gasteiger charge is 2.26. The fourth-order valence-corrected chi connectivity index (χ4v) is 7.63. The Hall–Kier alpha value is -4.47. The molecule has 39 heavy (non-hydrogen) atoms. The molecule has 0 amide bonds. The van der Waals surface area contributed by atoms with Crippen LogP contribution < -0.4 is 0 Å². The molecule has 0 aliphatic heterocycles. The zero-order chi connectivity index (χ0) is 28.6. The second kappa shape index (κ2) is 10.0. The quantitative estimate of drug-likeness (QED) is 0.215. The van der Waals surface area contributed by atoms with Crippen molar-refractivity contribution < 1.29 is 35.1 Å². The van der Waals surface area contributed by atoms with Crippen LogP contribution in [0, 0.1) is 20.2 Å². The number of nitrogens with zero attached hydrogens (tertiary/aromatic N) is 2. The molecule has 0 atom stereocenters. The van der Waals surface area contributed by atoms with Crippen LogP contribution in [-0.2, 0) is 29.5 Å². The third-order valence-electron chi connectivity index (χ3n) is 5.57. The molecule has 4 aromatic carbocycles. The lowest BCUT2D eigenvalue weighted by Gasteiger charge is -2.10. The van der Waals surface area contributed by atoms with Gasteiger partial charge in [0.25, 0.3) is 11.4 Å². The molecule has 0 N–H and O–H groups in total. The van der Waals surface area contributed by atoms with Crippen LogP contribution in [0.1, 0.15) is 0 Å². The van der Waals surface area contributed by atoms with E-state index in [0.29, 0.717) is 0 Å². The van der Waals surface area contributed by atoms with E-state index < -0.39 is 58.9 Å². The summed E-state index contributed by atoms with van der Waals surface area (Å²) in [7, 11) is -12.9. The molecular formula is C24H16N2O10S3. The van der Waals surface area contributed by atoms with Gasteiger partial charge in [-0.1, -0.05) is 12.1 Å². The number of benzene rings is 4. The first-order chi connectivity index (χ1) is 18.2. The second-order valence-electron chi connectivity index (χ2n) is 7.96. The predicted octanol–water partition coefficient (Wildman–Crippen LogP) is 4.00. The molecule has 0 aliphatic rings. The van der Waals surface area contributed by atoms with E-state index >= 15 is 0 Å². The van der Waals surface area contributed by atoms with Crippen LogP contribution in [0.25, 0.3) is 0 Å². The van der Waals surface area contributed by atoms with E-state index in [9.17, 15) is 45.5 Å². The lowest BCUT2D eigenvalue weighted by molar-refractivity contribution is -0.385. The van der Waals surface area contributed by atoms with Crippen molar-refractivity contribution in [2.24, 2.45) is 0 Å². The monoisotopic (exact) mass is 588 g/mol. The van der Waals surface area contributed by atoms with Gasteiger partial charge in [-0.05, 0) is 60.7 Å². The summed E-state index contributed by atoms with van der Waals surface area (Å²) < 4.78 is 78.9. The molecule has 0 heterocycles. The molecule has 0 radical (unpaired) electrons. The zero-order valence-electron chi connectivity index (χ0n) is 19.4. The first-order valence-corrected chi connectivity index (χ1v) is 15.1. The van der Waals surface area contributed by atoms with E-state index in [1.165, 1.54) is 12.1 Å². The average molecular weight is 589 g/mol. The van der Waals surface area contributed by atoms with E-state index in [4.69, 9.17) is 0 Å². The maximum absolute atomic E-state index is 13.4. The van der Waals surface area contributed by atoms with Gasteiger partial charge in [0.05, 0.1) is 39.2 Å². The van der Waals surface area contributed by atoms with Crippen LogP contribution in [0.5, 0.6) is 0 Å². The van der Waals surface area contributed by atoms with Crippen LogP contribution in [0.4, 0.5) is 11.4 Å². The van der Waals surface area contributed by atoms with Crippen molar-refractivity contribution in [1.82, 2.24) is 0 Å². The lowest BCUT2D eigenvalue weighted by atomic mass is 10.3. The molecular weight excluding hydrogens is 572 g/mol. The Labute approximate surface area is 222 Å². The number of sulfone groups is 3. The van der Waals surface area contributed by atoms with Gasteiger partial charge in [0.2, 0.25) is 29.5 Å². The van der Waals surface area contributed by atoms with Gasteiger partial charge in [-0.25, -0.2) is 25.3 Å². The maximum Gasteiger partial charge on any atom is 0.269 e.